The van der Waals surface area contributed by atoms with Gasteiger partial charge in [0.15, 0.2) is 0 Å². The van der Waals surface area contributed by atoms with Gasteiger partial charge in [0, 0.05) is 37.0 Å². The molecular formula is C19H25N3O2S. The quantitative estimate of drug-likeness (QED) is 0.826. The summed E-state index contributed by atoms with van der Waals surface area (Å²) in [5.74, 6) is 0.115. The minimum absolute atomic E-state index is 0.0555. The highest BCUT2D eigenvalue weighted by Gasteiger charge is 2.25. The van der Waals surface area contributed by atoms with Crippen LogP contribution < -0.4 is 5.32 Å². The number of ether oxygens (including phenoxy) is 1. The molecule has 1 N–H and O–H groups in total. The Morgan fingerprint density at radius 3 is 2.80 bits per heavy atom. The van der Waals surface area contributed by atoms with E-state index in [0.29, 0.717) is 19.8 Å². The molecule has 0 aliphatic carbocycles. The Morgan fingerprint density at radius 1 is 1.32 bits per heavy atom. The molecule has 1 aliphatic heterocycles. The van der Waals surface area contributed by atoms with Crippen molar-refractivity contribution in [1.29, 1.82) is 0 Å². The SMILES string of the molecule is CCC(C(=O)NCCc1nc(-c2ccccc2)cs1)N1CCOCC1. The summed E-state index contributed by atoms with van der Waals surface area (Å²) in [6, 6.07) is 10.1. The van der Waals surface area contributed by atoms with Gasteiger partial charge >= 0.3 is 0 Å². The summed E-state index contributed by atoms with van der Waals surface area (Å²) < 4.78 is 5.37. The van der Waals surface area contributed by atoms with Crippen LogP contribution in [0.15, 0.2) is 35.7 Å². The lowest BCUT2D eigenvalue weighted by atomic mass is 10.1. The second kappa shape index (κ2) is 9.08. The maximum atomic E-state index is 12.5. The zero-order valence-electron chi connectivity index (χ0n) is 14.6. The van der Waals surface area contributed by atoms with E-state index < -0.39 is 0 Å². The van der Waals surface area contributed by atoms with Crippen LogP contribution >= 0.6 is 11.3 Å². The molecule has 1 saturated heterocycles. The van der Waals surface area contributed by atoms with Crippen molar-refractivity contribution < 1.29 is 9.53 Å². The molecule has 3 rings (SSSR count). The second-order valence-corrected chi connectivity index (χ2v) is 7.05. The van der Waals surface area contributed by atoms with Crippen molar-refractivity contribution in [3.8, 4) is 11.3 Å². The van der Waals surface area contributed by atoms with Gasteiger partial charge in [0.1, 0.15) is 0 Å². The Hall–Kier alpha value is -1.76. The molecule has 134 valence electrons. The van der Waals surface area contributed by atoms with Gasteiger partial charge in [-0.05, 0) is 6.42 Å². The van der Waals surface area contributed by atoms with Gasteiger partial charge in [-0.15, -0.1) is 11.3 Å². The van der Waals surface area contributed by atoms with Gasteiger partial charge in [-0.1, -0.05) is 37.3 Å². The van der Waals surface area contributed by atoms with Crippen LogP contribution in [0.5, 0.6) is 0 Å². The van der Waals surface area contributed by atoms with E-state index in [4.69, 9.17) is 4.74 Å². The van der Waals surface area contributed by atoms with E-state index in [0.717, 1.165) is 42.2 Å². The van der Waals surface area contributed by atoms with Crippen molar-refractivity contribution >= 4 is 17.2 Å². The molecule has 1 amide bonds. The molecule has 25 heavy (non-hydrogen) atoms. The minimum Gasteiger partial charge on any atom is -0.379 e. The lowest BCUT2D eigenvalue weighted by Crippen LogP contribution is -2.51. The average molecular weight is 359 g/mol. The lowest BCUT2D eigenvalue weighted by molar-refractivity contribution is -0.128. The van der Waals surface area contributed by atoms with Crippen LogP contribution in [0.25, 0.3) is 11.3 Å². The van der Waals surface area contributed by atoms with Crippen molar-refractivity contribution in [2.75, 3.05) is 32.8 Å². The van der Waals surface area contributed by atoms with Crippen molar-refractivity contribution in [2.24, 2.45) is 0 Å². The number of morpholine rings is 1. The van der Waals surface area contributed by atoms with Gasteiger partial charge in [-0.2, -0.15) is 0 Å². The highest BCUT2D eigenvalue weighted by molar-refractivity contribution is 7.09. The molecule has 1 fully saturated rings. The Labute approximate surface area is 153 Å². The Balaban J connectivity index is 1.49. The number of hydrogen-bond acceptors (Lipinski definition) is 5. The van der Waals surface area contributed by atoms with Gasteiger partial charge in [-0.25, -0.2) is 4.98 Å². The number of nitrogens with one attached hydrogen (secondary N) is 1. The van der Waals surface area contributed by atoms with E-state index in [1.165, 1.54) is 0 Å². The molecule has 1 aromatic carbocycles. The Kier molecular flexibility index (Phi) is 6.55. The molecule has 1 aliphatic rings. The summed E-state index contributed by atoms with van der Waals surface area (Å²) in [7, 11) is 0. The topological polar surface area (TPSA) is 54.5 Å². The van der Waals surface area contributed by atoms with Crippen LogP contribution in [-0.4, -0.2) is 54.7 Å². The minimum atomic E-state index is -0.0555. The predicted molar refractivity (Wildman–Crippen MR) is 101 cm³/mol. The number of aromatic nitrogens is 1. The molecule has 1 aromatic heterocycles. The Morgan fingerprint density at radius 2 is 2.08 bits per heavy atom. The second-order valence-electron chi connectivity index (χ2n) is 6.11. The van der Waals surface area contributed by atoms with E-state index in [1.54, 1.807) is 11.3 Å². The molecular weight excluding hydrogens is 334 g/mol. The molecule has 2 heterocycles. The number of carbonyl (C=O) groups excluding carboxylic acids is 1. The molecule has 1 unspecified atom stereocenters. The van der Waals surface area contributed by atoms with Gasteiger partial charge in [0.05, 0.1) is 30.0 Å². The van der Waals surface area contributed by atoms with Gasteiger partial charge in [0.2, 0.25) is 5.91 Å². The average Bonchev–Trinajstić information content (AvgIpc) is 3.13. The van der Waals surface area contributed by atoms with Crippen LogP contribution in [-0.2, 0) is 16.0 Å². The van der Waals surface area contributed by atoms with Crippen LogP contribution in [0, 0.1) is 0 Å². The number of benzene rings is 1. The van der Waals surface area contributed by atoms with E-state index in [2.05, 4.69) is 39.6 Å². The molecule has 0 spiro atoms. The van der Waals surface area contributed by atoms with E-state index >= 15 is 0 Å². The number of carbonyl (C=O) groups is 1. The summed E-state index contributed by atoms with van der Waals surface area (Å²) in [5, 5.41) is 6.21. The van der Waals surface area contributed by atoms with E-state index in [1.807, 2.05) is 18.2 Å². The highest BCUT2D eigenvalue weighted by atomic mass is 32.1. The van der Waals surface area contributed by atoms with Crippen LogP contribution in [0.3, 0.4) is 0 Å². The van der Waals surface area contributed by atoms with Gasteiger partial charge in [0.25, 0.3) is 0 Å². The van der Waals surface area contributed by atoms with Crippen molar-refractivity contribution in [1.82, 2.24) is 15.2 Å². The van der Waals surface area contributed by atoms with E-state index in [-0.39, 0.29) is 11.9 Å². The summed E-state index contributed by atoms with van der Waals surface area (Å²) in [4.78, 5) is 19.4. The first kappa shape index (κ1) is 18.0. The molecule has 0 bridgehead atoms. The monoisotopic (exact) mass is 359 g/mol. The first-order valence-corrected chi connectivity index (χ1v) is 9.75. The summed E-state index contributed by atoms with van der Waals surface area (Å²) in [6.45, 7) is 5.78. The maximum absolute atomic E-state index is 12.5. The smallest absolute Gasteiger partial charge is 0.237 e. The maximum Gasteiger partial charge on any atom is 0.237 e. The van der Waals surface area contributed by atoms with Crippen LogP contribution in [0.2, 0.25) is 0 Å². The predicted octanol–water partition coefficient (Wildman–Crippen LogP) is 2.58. The molecule has 2 aromatic rings. The van der Waals surface area contributed by atoms with Crippen molar-refractivity contribution in [3.63, 3.8) is 0 Å². The van der Waals surface area contributed by atoms with Gasteiger partial charge in [-0.3, -0.25) is 9.69 Å². The van der Waals surface area contributed by atoms with E-state index in [9.17, 15) is 4.79 Å². The molecule has 0 saturated carbocycles. The third-order valence-electron chi connectivity index (χ3n) is 4.44. The fourth-order valence-corrected chi connectivity index (χ4v) is 3.88. The zero-order chi connectivity index (χ0) is 17.5. The lowest BCUT2D eigenvalue weighted by Gasteiger charge is -2.32. The molecule has 1 atom stereocenters. The van der Waals surface area contributed by atoms with Crippen LogP contribution in [0.1, 0.15) is 18.4 Å². The van der Waals surface area contributed by atoms with Crippen LogP contribution in [0.4, 0.5) is 0 Å². The summed E-state index contributed by atoms with van der Waals surface area (Å²) >= 11 is 1.65. The van der Waals surface area contributed by atoms with Crippen molar-refractivity contribution in [3.05, 3.63) is 40.7 Å². The molecule has 5 nitrogen and oxygen atoms in total. The number of nitrogens with zero attached hydrogens (tertiary/aromatic N) is 2. The van der Waals surface area contributed by atoms with Crippen molar-refractivity contribution in [2.45, 2.75) is 25.8 Å². The molecule has 0 radical (unpaired) electrons. The normalized spacial score (nSPS) is 16.5. The fraction of sp³-hybridized carbons (Fsp3) is 0.474. The first-order valence-electron chi connectivity index (χ1n) is 8.87. The fourth-order valence-electron chi connectivity index (χ4n) is 3.08. The number of amides is 1. The highest BCUT2D eigenvalue weighted by Crippen LogP contribution is 2.21. The largest absolute Gasteiger partial charge is 0.379 e. The third-order valence-corrected chi connectivity index (χ3v) is 5.34. The zero-order valence-corrected chi connectivity index (χ0v) is 15.4. The summed E-state index contributed by atoms with van der Waals surface area (Å²) in [5.41, 5.74) is 2.14. The third kappa shape index (κ3) is 4.87. The summed E-state index contributed by atoms with van der Waals surface area (Å²) in [6.07, 6.45) is 1.59. The number of rotatable bonds is 7. The standard InChI is InChI=1S/C19H25N3O2S/c1-2-17(22-10-12-24-13-11-22)19(23)20-9-8-18-21-16(14-25-18)15-6-4-3-5-7-15/h3-7,14,17H,2,8-13H2,1H3,(H,20,23). The van der Waals surface area contributed by atoms with Gasteiger partial charge < -0.3 is 10.1 Å². The molecule has 6 heteroatoms. The number of thiazole rings is 1. The first-order chi connectivity index (χ1) is 12.3. The number of hydrogen-bond donors (Lipinski definition) is 1. The Bertz CT molecular complexity index is 668.